The lowest BCUT2D eigenvalue weighted by Crippen LogP contribution is -2.27. The van der Waals surface area contributed by atoms with Gasteiger partial charge < -0.3 is 11.1 Å². The summed E-state index contributed by atoms with van der Waals surface area (Å²) in [5.41, 5.74) is 8.72. The summed E-state index contributed by atoms with van der Waals surface area (Å²) in [6.07, 6.45) is 5.23. The highest BCUT2D eigenvalue weighted by Crippen LogP contribution is 2.24. The lowest BCUT2D eigenvalue weighted by atomic mass is 9.88. The van der Waals surface area contributed by atoms with Gasteiger partial charge in [0.25, 0.3) is 0 Å². The van der Waals surface area contributed by atoms with Gasteiger partial charge in [-0.1, -0.05) is 36.0 Å². The minimum absolute atomic E-state index is 0.411. The Morgan fingerprint density at radius 2 is 2.05 bits per heavy atom. The molecule has 0 radical (unpaired) electrons. The molecule has 1 aromatic carbocycles. The fraction of sp³-hybridized carbons (Fsp3) is 0.333. The highest BCUT2D eigenvalue weighted by atomic mass is 32.2. The van der Waals surface area contributed by atoms with Crippen molar-refractivity contribution in [3.05, 3.63) is 41.5 Å². The van der Waals surface area contributed by atoms with Crippen molar-refractivity contribution < 1.29 is 0 Å². The number of nitrogen functional groups attached to an aromatic ring is 1. The highest BCUT2D eigenvalue weighted by molar-refractivity contribution is 7.98. The fourth-order valence-corrected chi connectivity index (χ4v) is 3.02. The lowest BCUT2D eigenvalue weighted by molar-refractivity contribution is 0.607. The van der Waals surface area contributed by atoms with Crippen molar-refractivity contribution in [3.63, 3.8) is 0 Å². The van der Waals surface area contributed by atoms with Crippen LogP contribution in [0.1, 0.15) is 17.5 Å². The average Bonchev–Trinajstić information content (AvgIpc) is 2.46. The van der Waals surface area contributed by atoms with E-state index in [1.165, 1.54) is 22.9 Å². The number of benzene rings is 1. The zero-order valence-electron chi connectivity index (χ0n) is 11.5. The molecule has 1 unspecified atom stereocenters. The van der Waals surface area contributed by atoms with Gasteiger partial charge in [-0.25, -0.2) is 9.97 Å². The van der Waals surface area contributed by atoms with Gasteiger partial charge in [0.1, 0.15) is 11.6 Å². The van der Waals surface area contributed by atoms with Crippen LogP contribution in [0.15, 0.2) is 35.5 Å². The van der Waals surface area contributed by atoms with E-state index in [0.29, 0.717) is 17.0 Å². The molecule has 20 heavy (non-hydrogen) atoms. The van der Waals surface area contributed by atoms with E-state index in [-0.39, 0.29) is 0 Å². The molecule has 3 N–H and O–H groups in total. The van der Waals surface area contributed by atoms with Crippen LogP contribution < -0.4 is 11.1 Å². The highest BCUT2D eigenvalue weighted by Gasteiger charge is 2.18. The van der Waals surface area contributed by atoms with Crippen LogP contribution in [0.25, 0.3) is 0 Å². The maximum atomic E-state index is 5.81. The number of nitrogens with two attached hydrogens (primary N) is 1. The van der Waals surface area contributed by atoms with Gasteiger partial charge in [0.05, 0.1) is 0 Å². The summed E-state index contributed by atoms with van der Waals surface area (Å²) < 4.78 is 0. The molecule has 1 aliphatic carbocycles. The molecule has 0 aliphatic heterocycles. The fourth-order valence-electron chi connectivity index (χ4n) is 2.64. The van der Waals surface area contributed by atoms with Crippen molar-refractivity contribution >= 4 is 23.4 Å². The Morgan fingerprint density at radius 1 is 1.25 bits per heavy atom. The van der Waals surface area contributed by atoms with Gasteiger partial charge in [-0.3, -0.25) is 0 Å². The van der Waals surface area contributed by atoms with Gasteiger partial charge in [0.2, 0.25) is 0 Å². The number of fused-ring (bicyclic) bond motifs is 1. The number of nitrogens with one attached hydrogen (secondary N) is 1. The molecule has 104 valence electrons. The summed E-state index contributed by atoms with van der Waals surface area (Å²) in [4.78, 5) is 8.63. The Morgan fingerprint density at radius 3 is 2.85 bits per heavy atom. The number of anilines is 2. The average molecular weight is 286 g/mol. The topological polar surface area (TPSA) is 63.8 Å². The number of thioether (sulfide) groups is 1. The van der Waals surface area contributed by atoms with Crippen LogP contribution in [0.4, 0.5) is 11.6 Å². The van der Waals surface area contributed by atoms with Crippen LogP contribution in [-0.2, 0) is 12.8 Å². The molecule has 3 rings (SSSR count). The molecular weight excluding hydrogens is 268 g/mol. The summed E-state index contributed by atoms with van der Waals surface area (Å²) in [6.45, 7) is 0. The smallest absolute Gasteiger partial charge is 0.191 e. The van der Waals surface area contributed by atoms with Gasteiger partial charge in [-0.2, -0.15) is 0 Å². The molecule has 0 saturated carbocycles. The second-order valence-electron chi connectivity index (χ2n) is 5.02. The molecule has 0 amide bonds. The number of aromatic nitrogens is 2. The van der Waals surface area contributed by atoms with E-state index in [2.05, 4.69) is 39.6 Å². The lowest BCUT2D eigenvalue weighted by Gasteiger charge is -2.26. The van der Waals surface area contributed by atoms with Crippen molar-refractivity contribution in [3.8, 4) is 0 Å². The standard InChI is InChI=1S/C15H18N4S/c1-20-15-18-13(16)9-14(19-15)17-12-7-6-10-4-2-3-5-11(10)8-12/h2-5,9,12H,6-8H2,1H3,(H3,16,17,18,19). The van der Waals surface area contributed by atoms with Crippen LogP contribution in [-0.4, -0.2) is 22.3 Å². The largest absolute Gasteiger partial charge is 0.383 e. The number of hydrogen-bond acceptors (Lipinski definition) is 5. The monoisotopic (exact) mass is 286 g/mol. The predicted molar refractivity (Wildman–Crippen MR) is 84.1 cm³/mol. The van der Waals surface area contributed by atoms with E-state index in [4.69, 9.17) is 5.73 Å². The maximum Gasteiger partial charge on any atom is 0.191 e. The molecule has 0 fully saturated rings. The van der Waals surface area contributed by atoms with Crippen molar-refractivity contribution in [1.29, 1.82) is 0 Å². The molecule has 0 bridgehead atoms. The number of aryl methyl sites for hydroxylation is 1. The quantitative estimate of drug-likeness (QED) is 0.671. The molecule has 1 aliphatic rings. The minimum atomic E-state index is 0.411. The first-order chi connectivity index (χ1) is 9.74. The van der Waals surface area contributed by atoms with E-state index in [9.17, 15) is 0 Å². The Kier molecular flexibility index (Phi) is 3.78. The summed E-state index contributed by atoms with van der Waals surface area (Å²) in [5, 5.41) is 4.20. The molecule has 0 saturated heterocycles. The first-order valence-electron chi connectivity index (χ1n) is 6.76. The van der Waals surface area contributed by atoms with E-state index in [1.807, 2.05) is 6.26 Å². The third-order valence-electron chi connectivity index (χ3n) is 3.61. The van der Waals surface area contributed by atoms with Gasteiger partial charge in [-0.05, 0) is 36.6 Å². The molecule has 0 spiro atoms. The summed E-state index contributed by atoms with van der Waals surface area (Å²) in [7, 11) is 0. The van der Waals surface area contributed by atoms with Crippen molar-refractivity contribution in [2.75, 3.05) is 17.3 Å². The molecule has 1 heterocycles. The third kappa shape index (κ3) is 2.88. The first kappa shape index (κ1) is 13.2. The van der Waals surface area contributed by atoms with Gasteiger partial charge in [0.15, 0.2) is 5.16 Å². The van der Waals surface area contributed by atoms with Crippen molar-refractivity contribution in [2.45, 2.75) is 30.5 Å². The van der Waals surface area contributed by atoms with E-state index >= 15 is 0 Å². The van der Waals surface area contributed by atoms with Gasteiger partial charge >= 0.3 is 0 Å². The molecule has 1 aromatic heterocycles. The van der Waals surface area contributed by atoms with Crippen LogP contribution >= 0.6 is 11.8 Å². The van der Waals surface area contributed by atoms with Crippen LogP contribution in [0.3, 0.4) is 0 Å². The molecular formula is C15H18N4S. The van der Waals surface area contributed by atoms with E-state index in [0.717, 1.165) is 25.1 Å². The molecule has 4 nitrogen and oxygen atoms in total. The second kappa shape index (κ2) is 5.71. The van der Waals surface area contributed by atoms with E-state index in [1.54, 1.807) is 6.07 Å². The second-order valence-corrected chi connectivity index (χ2v) is 5.79. The van der Waals surface area contributed by atoms with Gasteiger partial charge in [0, 0.05) is 12.1 Å². The van der Waals surface area contributed by atoms with Crippen LogP contribution in [0, 0.1) is 0 Å². The van der Waals surface area contributed by atoms with Gasteiger partial charge in [-0.15, -0.1) is 0 Å². The zero-order valence-corrected chi connectivity index (χ0v) is 12.3. The molecule has 2 aromatic rings. The number of hydrogen-bond donors (Lipinski definition) is 2. The summed E-state index contributed by atoms with van der Waals surface area (Å²) in [5.74, 6) is 1.34. The maximum absolute atomic E-state index is 5.81. The Hall–Kier alpha value is -1.75. The van der Waals surface area contributed by atoms with Crippen molar-refractivity contribution in [1.82, 2.24) is 9.97 Å². The Balaban J connectivity index is 1.75. The number of nitrogens with zero attached hydrogens (tertiary/aromatic N) is 2. The Labute approximate surface area is 123 Å². The van der Waals surface area contributed by atoms with Crippen LogP contribution in [0.2, 0.25) is 0 Å². The number of rotatable bonds is 3. The summed E-state index contributed by atoms with van der Waals surface area (Å²) in [6, 6.07) is 10.9. The molecule has 5 heteroatoms. The molecule has 1 atom stereocenters. The van der Waals surface area contributed by atoms with Crippen LogP contribution in [0.5, 0.6) is 0 Å². The minimum Gasteiger partial charge on any atom is -0.383 e. The zero-order chi connectivity index (χ0) is 13.9. The third-order valence-corrected chi connectivity index (χ3v) is 4.15. The van der Waals surface area contributed by atoms with E-state index < -0.39 is 0 Å². The predicted octanol–water partition coefficient (Wildman–Crippen LogP) is 2.75. The first-order valence-corrected chi connectivity index (χ1v) is 7.99. The summed E-state index contributed by atoms with van der Waals surface area (Å²) >= 11 is 1.51. The SMILES string of the molecule is CSc1nc(N)cc(NC2CCc3ccccc3C2)n1. The normalized spacial score (nSPS) is 17.6. The van der Waals surface area contributed by atoms with Crippen molar-refractivity contribution in [2.24, 2.45) is 0 Å². The Bertz CT molecular complexity index is 615.